The summed E-state index contributed by atoms with van der Waals surface area (Å²) >= 11 is 20.9. The summed E-state index contributed by atoms with van der Waals surface area (Å²) in [5.74, 6) is 0.323. The minimum absolute atomic E-state index is 0.00290. The second-order valence-electron chi connectivity index (χ2n) is 36.0. The van der Waals surface area contributed by atoms with Gasteiger partial charge in [0.25, 0.3) is 0 Å². The van der Waals surface area contributed by atoms with Gasteiger partial charge < -0.3 is 29.4 Å². The van der Waals surface area contributed by atoms with Crippen LogP contribution in [0.15, 0.2) is 167 Å². The van der Waals surface area contributed by atoms with Crippen LogP contribution in [0.25, 0.3) is 83.9 Å². The maximum atomic E-state index is 15.4. The smallest absolute Gasteiger partial charge is 0.349 e. The summed E-state index contributed by atoms with van der Waals surface area (Å²) in [4.78, 5) is 144. The number of pyridine rings is 4. The highest BCUT2D eigenvalue weighted by molar-refractivity contribution is 7.84. The van der Waals surface area contributed by atoms with Crippen molar-refractivity contribution in [2.24, 2.45) is 0 Å². The van der Waals surface area contributed by atoms with Gasteiger partial charge in [0.1, 0.15) is 35.9 Å². The Morgan fingerprint density at radius 2 is 0.797 bits per heavy atom. The van der Waals surface area contributed by atoms with E-state index < -0.39 is 33.7 Å². The van der Waals surface area contributed by atoms with E-state index in [4.69, 9.17) is 54.7 Å². The number of piperazine rings is 3. The van der Waals surface area contributed by atoms with E-state index in [0.717, 1.165) is 28.1 Å². The van der Waals surface area contributed by atoms with E-state index in [2.05, 4.69) is 85.5 Å². The summed E-state index contributed by atoms with van der Waals surface area (Å²) in [5, 5.41) is 12.4. The lowest BCUT2D eigenvalue weighted by Crippen LogP contribution is -2.58. The fourth-order valence-electron chi connectivity index (χ4n) is 17.9. The summed E-state index contributed by atoms with van der Waals surface area (Å²) in [7, 11) is -1.55. The lowest BCUT2D eigenvalue weighted by Gasteiger charge is -2.44. The summed E-state index contributed by atoms with van der Waals surface area (Å²) < 4.78 is 32.6. The van der Waals surface area contributed by atoms with Crippen molar-refractivity contribution in [2.45, 2.75) is 208 Å². The molecule has 15 rings (SSSR count). The van der Waals surface area contributed by atoms with Gasteiger partial charge in [0, 0.05) is 99.1 Å². The van der Waals surface area contributed by atoms with Crippen molar-refractivity contribution in [3.63, 3.8) is 0 Å². The van der Waals surface area contributed by atoms with Gasteiger partial charge in [0.2, 0.25) is 17.7 Å². The first-order valence-corrected chi connectivity index (χ1v) is 47.2. The molecule has 0 N–H and O–H groups in total. The Hall–Kier alpha value is -12.7. The van der Waals surface area contributed by atoms with Crippen LogP contribution < -0.4 is 31.8 Å². The number of hydrogen-bond acceptors (Lipinski definition) is 22. The van der Waals surface area contributed by atoms with Crippen molar-refractivity contribution < 1.29 is 23.0 Å². The Labute approximate surface area is 790 Å². The molecule has 692 valence electrons. The maximum absolute atomic E-state index is 15.4. The van der Waals surface area contributed by atoms with E-state index >= 15 is 4.39 Å². The third-order valence-electron chi connectivity index (χ3n) is 24.5. The van der Waals surface area contributed by atoms with Gasteiger partial charge in [-0.15, -0.1) is 0 Å². The second-order valence-corrected chi connectivity index (χ2v) is 38.5. The number of anilines is 3. The van der Waals surface area contributed by atoms with Crippen LogP contribution in [0.5, 0.6) is 0 Å². The summed E-state index contributed by atoms with van der Waals surface area (Å²) in [5.41, 5.74) is 9.37. The monoisotopic (exact) mass is 1870 g/mol. The number of rotatable bonds is 19. The van der Waals surface area contributed by atoms with Crippen molar-refractivity contribution in [3.8, 4) is 56.9 Å². The highest BCUT2D eigenvalue weighted by Gasteiger charge is 2.40. The molecule has 3 saturated heterocycles. The summed E-state index contributed by atoms with van der Waals surface area (Å²) in [6.45, 7) is 51.7. The van der Waals surface area contributed by atoms with Crippen molar-refractivity contribution in [3.05, 3.63) is 245 Å². The fraction of sp³-hybridized carbons (Fsp3) is 0.380. The van der Waals surface area contributed by atoms with Crippen molar-refractivity contribution in [2.75, 3.05) is 60.2 Å². The SMILES string of the molecule is C=CC(=O)N1CC(C)N(c2nc(=O)n(-c3c(C(C)C)ncnc3C(C)C)c3nc(-c4ccccc4C#N)c(Cl)cc23)CC1C.C=CC(=O)N1CC(C)N(c2nc(=O)n(-c3c(C(C)C)ncnc3C(C)C)c3nc(-c4ccccc4C(C)C)c(Cl)cc23)CC1C.C=CC(=O)N1CC(C)N(c2nc(=O)n(-c3c(C)ccnc3C(C)C)c3nc(-c4c(F)cccc4S(C)=O)c(Cl)cc23)CC1C. The van der Waals surface area contributed by atoms with E-state index in [0.29, 0.717) is 151 Å². The first kappa shape index (κ1) is 97.8. The zero-order valence-electron chi connectivity index (χ0n) is 78.6. The molecule has 7 unspecified atom stereocenters. The molecule has 0 aliphatic carbocycles. The average molecular weight is 1880 g/mol. The summed E-state index contributed by atoms with van der Waals surface area (Å²) in [6, 6.07) is 27.8. The lowest BCUT2D eigenvalue weighted by molar-refractivity contribution is -0.129. The van der Waals surface area contributed by atoms with Crippen LogP contribution in [0.1, 0.15) is 205 Å². The minimum Gasteiger partial charge on any atom is -0.349 e. The number of fused-ring (bicyclic) bond motifs is 3. The molecule has 3 fully saturated rings. The molecule has 3 aromatic carbocycles. The topological polar surface area (TPSA) is 319 Å². The van der Waals surface area contributed by atoms with E-state index in [-0.39, 0.29) is 116 Å². The van der Waals surface area contributed by atoms with Gasteiger partial charge in [0.05, 0.1) is 127 Å². The number of aryl methyl sites for hydroxylation is 1. The summed E-state index contributed by atoms with van der Waals surface area (Å²) in [6.07, 6.45) is 10.2. The molecule has 3 aliphatic rings. The molecule has 3 amide bonds. The van der Waals surface area contributed by atoms with Gasteiger partial charge in [-0.3, -0.25) is 23.6 Å². The number of halogens is 4. The van der Waals surface area contributed by atoms with Crippen LogP contribution in [0.2, 0.25) is 15.1 Å². The molecule has 12 heterocycles. The molecule has 0 spiro atoms. The van der Waals surface area contributed by atoms with Gasteiger partial charge in [0.15, 0.2) is 16.9 Å². The number of nitriles is 1. The molecule has 0 saturated carbocycles. The van der Waals surface area contributed by atoms with Crippen molar-refractivity contribution >= 4 is 114 Å². The number of carbonyl (C=O) groups excluding carboxylic acids is 3. The molecule has 7 atom stereocenters. The Kier molecular flexibility index (Phi) is 29.7. The molecule has 133 heavy (non-hydrogen) atoms. The predicted molar refractivity (Wildman–Crippen MR) is 527 cm³/mol. The predicted octanol–water partition coefficient (Wildman–Crippen LogP) is 17.9. The highest BCUT2D eigenvalue weighted by atomic mass is 35.5. The van der Waals surface area contributed by atoms with Crippen LogP contribution in [-0.2, 0) is 25.2 Å². The number of nitrogens with zero attached hydrogens (tertiary/aromatic N) is 21. The quantitative estimate of drug-likeness (QED) is 0.0679. The Balaban J connectivity index is 0.000000169. The Bertz CT molecular complexity index is 6840. The third-order valence-corrected chi connectivity index (χ3v) is 26.4. The van der Waals surface area contributed by atoms with E-state index in [1.54, 1.807) is 74.3 Å². The van der Waals surface area contributed by atoms with Gasteiger partial charge >= 0.3 is 17.1 Å². The van der Waals surface area contributed by atoms with Gasteiger partial charge in [-0.1, -0.05) is 186 Å². The average Bonchev–Trinajstić information content (AvgIpc) is 0.736. The maximum Gasteiger partial charge on any atom is 0.355 e. The van der Waals surface area contributed by atoms with Crippen LogP contribution in [0.3, 0.4) is 0 Å². The molecule has 9 aromatic heterocycles. The Morgan fingerprint density at radius 3 is 1.17 bits per heavy atom. The largest absolute Gasteiger partial charge is 0.355 e. The molecule has 33 heteroatoms. The number of amides is 3. The lowest BCUT2D eigenvalue weighted by atomic mass is 9.95. The molecular weight excluding hydrogens is 1760 g/mol. The molecule has 3 aliphatic heterocycles. The standard InChI is InChI=1S/C35H42ClN7O2.C33H35ClN8O2.C32H34ClFN6O3S/c1-10-28(44)41-16-23(9)42(17-22(41)8)33-26-15-27(36)31(25-14-12-11-13-24(25)19(2)3)39-34(26)43(35(45)40-33)32-29(20(4)5)37-18-38-30(32)21(6)7;1-8-26(43)40-15-21(7)41(16-20(40)6)31-24-13-25(34)29(23-12-10-9-11-22(23)14-35)38-32(24)42(33(44)39-31)30-27(18(2)3)36-17-37-28(30)19(4)5;1-8-25(41)38-15-20(6)39(16-19(38)5)30-21-14-22(33)28(26-23(34)10-9-11-24(26)44(7)43)36-31(21)40(32(42)37-30)29-18(4)12-13-35-27(29)17(2)3/h10-15,18-23H,1,16-17H2,2-9H3;8-13,17-21H,1,15-16H2,2-7H3;8-14,17,19-20H,1,15-16H2,2-7H3. The number of aromatic nitrogens is 14. The van der Waals surface area contributed by atoms with Crippen molar-refractivity contribution in [1.82, 2.24) is 83.2 Å². The van der Waals surface area contributed by atoms with Crippen LogP contribution in [-0.4, -0.2) is 187 Å². The van der Waals surface area contributed by atoms with Crippen molar-refractivity contribution in [1.29, 1.82) is 5.26 Å². The first-order valence-electron chi connectivity index (χ1n) is 44.5. The molecule has 0 bridgehead atoms. The second kappa shape index (κ2) is 40.4. The molecule has 12 aromatic rings. The van der Waals surface area contributed by atoms with Gasteiger partial charge in [-0.25, -0.2) is 67.4 Å². The number of benzene rings is 3. The highest BCUT2D eigenvalue weighted by Crippen LogP contribution is 2.44. The number of hydrogen-bond donors (Lipinski definition) is 0. The zero-order valence-corrected chi connectivity index (χ0v) is 81.7. The van der Waals surface area contributed by atoms with E-state index in [1.165, 1.54) is 52.1 Å². The first-order chi connectivity index (χ1) is 63.2. The minimum atomic E-state index is -1.55. The number of carbonyl (C=O) groups is 3. The molecular formula is C100H111Cl3FN21O7S. The van der Waals surface area contributed by atoms with Crippen LogP contribution in [0, 0.1) is 24.1 Å². The zero-order chi connectivity index (χ0) is 96.6. The van der Waals surface area contributed by atoms with E-state index in [1.807, 2.05) is 158 Å². The van der Waals surface area contributed by atoms with Gasteiger partial charge in [-0.2, -0.15) is 20.2 Å². The van der Waals surface area contributed by atoms with E-state index in [9.17, 15) is 38.2 Å². The molecule has 0 radical (unpaired) electrons. The normalized spacial score (nSPS) is 17.3. The molecule has 28 nitrogen and oxygen atoms in total. The van der Waals surface area contributed by atoms with Crippen LogP contribution >= 0.6 is 34.8 Å². The Morgan fingerprint density at radius 1 is 0.451 bits per heavy atom. The van der Waals surface area contributed by atoms with Gasteiger partial charge in [-0.05, 0) is 156 Å². The fourth-order valence-corrected chi connectivity index (χ4v) is 19.4. The van der Waals surface area contributed by atoms with Crippen LogP contribution in [0.4, 0.5) is 21.8 Å². The third kappa shape index (κ3) is 19.1.